The van der Waals surface area contributed by atoms with E-state index in [4.69, 9.17) is 15.2 Å². The van der Waals surface area contributed by atoms with Crippen molar-refractivity contribution >= 4 is 23.1 Å². The zero-order valence-corrected chi connectivity index (χ0v) is 16.2. The third-order valence-corrected chi connectivity index (χ3v) is 5.38. The average Bonchev–Trinajstić information content (AvgIpc) is 3.43. The van der Waals surface area contributed by atoms with Crippen LogP contribution in [0.2, 0.25) is 0 Å². The average molecular weight is 400 g/mol. The number of nitrogen functional groups attached to an aromatic ring is 1. The minimum Gasteiger partial charge on any atom is -0.457 e. The van der Waals surface area contributed by atoms with E-state index in [-0.39, 0.29) is 6.04 Å². The van der Waals surface area contributed by atoms with Gasteiger partial charge in [-0.25, -0.2) is 9.97 Å². The van der Waals surface area contributed by atoms with Crippen LogP contribution in [0.1, 0.15) is 22.8 Å². The second-order valence-electron chi connectivity index (χ2n) is 7.21. The van der Waals surface area contributed by atoms with Gasteiger partial charge >= 0.3 is 0 Å². The van der Waals surface area contributed by atoms with Crippen LogP contribution in [0.25, 0.3) is 22.2 Å². The number of fused-ring (bicyclic) bond motifs is 1. The summed E-state index contributed by atoms with van der Waals surface area (Å²) in [6.45, 7) is 1.41. The fourth-order valence-corrected chi connectivity index (χ4v) is 3.85. The van der Waals surface area contributed by atoms with E-state index in [1.807, 2.05) is 30.3 Å². The molecule has 30 heavy (non-hydrogen) atoms. The van der Waals surface area contributed by atoms with E-state index in [0.29, 0.717) is 29.5 Å². The minimum atomic E-state index is 0.234. The molecule has 1 saturated heterocycles. The number of carbonyl (C=O) groups is 1. The van der Waals surface area contributed by atoms with Crippen molar-refractivity contribution in [2.24, 2.45) is 0 Å². The van der Waals surface area contributed by atoms with Crippen molar-refractivity contribution in [3.63, 3.8) is 0 Å². The first-order chi connectivity index (χ1) is 14.7. The molecule has 0 saturated carbocycles. The topological polar surface area (TPSA) is 92.3 Å². The van der Waals surface area contributed by atoms with Gasteiger partial charge in [0.25, 0.3) is 0 Å². The number of rotatable bonds is 5. The van der Waals surface area contributed by atoms with E-state index in [1.165, 1.54) is 6.33 Å². The molecule has 7 heteroatoms. The van der Waals surface area contributed by atoms with Crippen LogP contribution in [0, 0.1) is 0 Å². The van der Waals surface area contributed by atoms with Gasteiger partial charge in [-0.1, -0.05) is 24.3 Å². The van der Waals surface area contributed by atoms with Gasteiger partial charge < -0.3 is 19.8 Å². The van der Waals surface area contributed by atoms with Gasteiger partial charge in [0.15, 0.2) is 6.29 Å². The lowest BCUT2D eigenvalue weighted by Gasteiger charge is -2.10. The van der Waals surface area contributed by atoms with E-state index in [1.54, 1.807) is 18.2 Å². The number of para-hydroxylation sites is 1. The predicted molar refractivity (Wildman–Crippen MR) is 114 cm³/mol. The lowest BCUT2D eigenvalue weighted by molar-refractivity contribution is 0.112. The summed E-state index contributed by atoms with van der Waals surface area (Å²) in [6.07, 6.45) is 5.30. The standard InChI is InChI=1S/C23H20N4O3/c24-22-21-19(11-27(17-9-10-29-13-17)23(21)26-14-25-22)15-5-7-18(8-6-15)30-20-4-2-1-3-16(20)12-28/h1-8,11-12,14,17H,9-10,13H2,(H2,24,25,26). The van der Waals surface area contributed by atoms with E-state index < -0.39 is 0 Å². The van der Waals surface area contributed by atoms with Gasteiger partial charge in [-0.15, -0.1) is 0 Å². The zero-order chi connectivity index (χ0) is 20.5. The first-order valence-corrected chi connectivity index (χ1v) is 9.76. The van der Waals surface area contributed by atoms with Gasteiger partial charge in [0, 0.05) is 18.4 Å². The Bertz CT molecular complexity index is 1210. The Balaban J connectivity index is 1.52. The van der Waals surface area contributed by atoms with E-state index >= 15 is 0 Å². The lowest BCUT2D eigenvalue weighted by atomic mass is 10.1. The van der Waals surface area contributed by atoms with Crippen molar-refractivity contribution in [2.45, 2.75) is 12.5 Å². The van der Waals surface area contributed by atoms with Crippen molar-refractivity contribution in [3.05, 3.63) is 66.6 Å². The van der Waals surface area contributed by atoms with Crippen molar-refractivity contribution < 1.29 is 14.3 Å². The first kappa shape index (κ1) is 18.3. The molecule has 7 nitrogen and oxygen atoms in total. The molecule has 1 aliphatic heterocycles. The number of hydrogen-bond acceptors (Lipinski definition) is 6. The second kappa shape index (κ2) is 7.61. The fourth-order valence-electron chi connectivity index (χ4n) is 3.85. The second-order valence-corrected chi connectivity index (χ2v) is 7.21. The Hall–Kier alpha value is -3.71. The highest BCUT2D eigenvalue weighted by Crippen LogP contribution is 2.36. The molecule has 1 aliphatic rings. The molecule has 0 spiro atoms. The van der Waals surface area contributed by atoms with Crippen molar-refractivity contribution in [1.82, 2.24) is 14.5 Å². The van der Waals surface area contributed by atoms with Gasteiger partial charge in [-0.2, -0.15) is 0 Å². The highest BCUT2D eigenvalue weighted by Gasteiger charge is 2.23. The van der Waals surface area contributed by atoms with E-state index in [2.05, 4.69) is 20.7 Å². The summed E-state index contributed by atoms with van der Waals surface area (Å²) in [5.74, 6) is 1.62. The minimum absolute atomic E-state index is 0.234. The quantitative estimate of drug-likeness (QED) is 0.504. The Kier molecular flexibility index (Phi) is 4.65. The van der Waals surface area contributed by atoms with Crippen LogP contribution in [0.5, 0.6) is 11.5 Å². The summed E-state index contributed by atoms with van der Waals surface area (Å²) in [5, 5.41) is 0.837. The molecule has 0 aliphatic carbocycles. The summed E-state index contributed by atoms with van der Waals surface area (Å²) in [4.78, 5) is 19.9. The number of nitrogens with two attached hydrogens (primary N) is 1. The normalized spacial score (nSPS) is 16.1. The Labute approximate surface area is 173 Å². The molecular weight excluding hydrogens is 380 g/mol. The van der Waals surface area contributed by atoms with Crippen LogP contribution in [0.15, 0.2) is 61.1 Å². The number of benzene rings is 2. The van der Waals surface area contributed by atoms with Crippen molar-refractivity contribution in [2.75, 3.05) is 18.9 Å². The summed E-state index contributed by atoms with van der Waals surface area (Å²) in [5.41, 5.74) is 9.49. The Morgan fingerprint density at radius 1 is 1.13 bits per heavy atom. The van der Waals surface area contributed by atoms with E-state index in [9.17, 15) is 4.79 Å². The maximum atomic E-state index is 11.2. The largest absolute Gasteiger partial charge is 0.457 e. The van der Waals surface area contributed by atoms with Crippen LogP contribution >= 0.6 is 0 Å². The van der Waals surface area contributed by atoms with Gasteiger partial charge in [0.05, 0.1) is 23.6 Å². The summed E-state index contributed by atoms with van der Waals surface area (Å²) >= 11 is 0. The molecular formula is C23H20N4O3. The van der Waals surface area contributed by atoms with Crippen LogP contribution in [0.3, 0.4) is 0 Å². The molecule has 1 fully saturated rings. The molecule has 2 aromatic heterocycles. The number of anilines is 1. The molecule has 2 N–H and O–H groups in total. The summed E-state index contributed by atoms with van der Waals surface area (Å²) in [6, 6.07) is 15.0. The predicted octanol–water partition coefficient (Wildman–Crippen LogP) is 4.25. The molecule has 0 amide bonds. The highest BCUT2D eigenvalue weighted by molar-refractivity contribution is 6.00. The molecule has 1 unspecified atom stereocenters. The van der Waals surface area contributed by atoms with Crippen LogP contribution in [-0.4, -0.2) is 34.0 Å². The molecule has 150 valence electrons. The van der Waals surface area contributed by atoms with Crippen molar-refractivity contribution in [3.8, 4) is 22.6 Å². The monoisotopic (exact) mass is 400 g/mol. The third kappa shape index (κ3) is 3.19. The van der Waals surface area contributed by atoms with Gasteiger partial charge in [0.2, 0.25) is 0 Å². The Morgan fingerprint density at radius 2 is 1.97 bits per heavy atom. The number of aldehydes is 1. The molecule has 0 radical (unpaired) electrons. The first-order valence-electron chi connectivity index (χ1n) is 9.76. The van der Waals surface area contributed by atoms with E-state index in [0.717, 1.165) is 41.5 Å². The zero-order valence-electron chi connectivity index (χ0n) is 16.2. The van der Waals surface area contributed by atoms with Crippen LogP contribution in [-0.2, 0) is 4.74 Å². The number of hydrogen-bond donors (Lipinski definition) is 1. The van der Waals surface area contributed by atoms with Crippen LogP contribution in [0.4, 0.5) is 5.82 Å². The lowest BCUT2D eigenvalue weighted by Crippen LogP contribution is -2.08. The maximum Gasteiger partial charge on any atom is 0.153 e. The highest BCUT2D eigenvalue weighted by atomic mass is 16.5. The van der Waals surface area contributed by atoms with Gasteiger partial charge in [-0.3, -0.25) is 4.79 Å². The fraction of sp³-hybridized carbons (Fsp3) is 0.174. The maximum absolute atomic E-state index is 11.2. The van der Waals surface area contributed by atoms with Crippen molar-refractivity contribution in [1.29, 1.82) is 0 Å². The number of ether oxygens (including phenoxy) is 2. The molecule has 0 bridgehead atoms. The van der Waals surface area contributed by atoms with Crippen LogP contribution < -0.4 is 10.5 Å². The van der Waals surface area contributed by atoms with Gasteiger partial charge in [0.1, 0.15) is 29.3 Å². The number of nitrogens with zero attached hydrogens (tertiary/aromatic N) is 3. The molecule has 3 heterocycles. The molecule has 2 aromatic carbocycles. The summed E-state index contributed by atoms with van der Waals surface area (Å²) < 4.78 is 13.6. The Morgan fingerprint density at radius 3 is 2.73 bits per heavy atom. The SMILES string of the molecule is Nc1ncnc2c1c(-c1ccc(Oc3ccccc3C=O)cc1)cn2C1CCOC1. The summed E-state index contributed by atoms with van der Waals surface area (Å²) in [7, 11) is 0. The molecule has 4 aromatic rings. The third-order valence-electron chi connectivity index (χ3n) is 5.38. The number of aromatic nitrogens is 3. The molecule has 1 atom stereocenters. The molecule has 5 rings (SSSR count). The van der Waals surface area contributed by atoms with Gasteiger partial charge in [-0.05, 0) is 36.2 Å². The number of carbonyl (C=O) groups excluding carboxylic acids is 1. The smallest absolute Gasteiger partial charge is 0.153 e.